The van der Waals surface area contributed by atoms with E-state index in [0.717, 1.165) is 31.4 Å². The summed E-state index contributed by atoms with van der Waals surface area (Å²) < 4.78 is 0. The minimum atomic E-state index is -0.746. The lowest BCUT2D eigenvalue weighted by Crippen LogP contribution is -2.15. The summed E-state index contributed by atoms with van der Waals surface area (Å²) in [6.45, 7) is 4.38. The van der Waals surface area contributed by atoms with Gasteiger partial charge in [-0.15, -0.1) is 0 Å². The SMILES string of the molecule is CC(C)(O)c1cccc(CCCCN)c1. The summed E-state index contributed by atoms with van der Waals surface area (Å²) in [7, 11) is 0. The van der Waals surface area contributed by atoms with Gasteiger partial charge in [0.05, 0.1) is 5.60 Å². The molecule has 0 spiro atoms. The van der Waals surface area contributed by atoms with Crippen LogP contribution >= 0.6 is 0 Å². The minimum absolute atomic E-state index is 0.746. The highest BCUT2D eigenvalue weighted by atomic mass is 16.3. The van der Waals surface area contributed by atoms with Gasteiger partial charge in [0.2, 0.25) is 0 Å². The Bertz CT molecular complexity index is 302. The zero-order valence-electron chi connectivity index (χ0n) is 9.66. The molecule has 0 aliphatic carbocycles. The molecule has 0 radical (unpaired) electrons. The van der Waals surface area contributed by atoms with E-state index in [1.165, 1.54) is 5.56 Å². The van der Waals surface area contributed by atoms with Crippen LogP contribution < -0.4 is 5.73 Å². The molecule has 84 valence electrons. The maximum atomic E-state index is 9.87. The molecule has 1 rings (SSSR count). The summed E-state index contributed by atoms with van der Waals surface area (Å²) in [5, 5.41) is 9.87. The molecule has 1 aromatic rings. The summed E-state index contributed by atoms with van der Waals surface area (Å²) in [5.41, 5.74) is 6.97. The van der Waals surface area contributed by atoms with Gasteiger partial charge in [-0.05, 0) is 50.8 Å². The summed E-state index contributed by atoms with van der Waals surface area (Å²) in [6.07, 6.45) is 3.22. The summed E-state index contributed by atoms with van der Waals surface area (Å²) in [5.74, 6) is 0. The van der Waals surface area contributed by atoms with Crippen LogP contribution in [0.25, 0.3) is 0 Å². The number of hydrogen-bond acceptors (Lipinski definition) is 2. The Morgan fingerprint density at radius 1 is 1.27 bits per heavy atom. The topological polar surface area (TPSA) is 46.2 Å². The lowest BCUT2D eigenvalue weighted by Gasteiger charge is -2.18. The Balaban J connectivity index is 2.66. The van der Waals surface area contributed by atoms with Gasteiger partial charge in [-0.2, -0.15) is 0 Å². The molecular weight excluding hydrogens is 186 g/mol. The normalized spacial score (nSPS) is 11.7. The van der Waals surface area contributed by atoms with Crippen molar-refractivity contribution in [3.05, 3.63) is 35.4 Å². The van der Waals surface area contributed by atoms with Crippen LogP contribution in [0.15, 0.2) is 24.3 Å². The highest BCUT2D eigenvalue weighted by molar-refractivity contribution is 5.27. The standard InChI is InChI=1S/C13H21NO/c1-13(2,15)12-8-5-7-11(10-12)6-3-4-9-14/h5,7-8,10,15H,3-4,6,9,14H2,1-2H3. The molecule has 1 aromatic carbocycles. The highest BCUT2D eigenvalue weighted by Crippen LogP contribution is 2.20. The quantitative estimate of drug-likeness (QED) is 0.727. The van der Waals surface area contributed by atoms with Crippen molar-refractivity contribution in [3.63, 3.8) is 0 Å². The third kappa shape index (κ3) is 4.02. The number of aryl methyl sites for hydroxylation is 1. The van der Waals surface area contributed by atoms with Crippen molar-refractivity contribution in [3.8, 4) is 0 Å². The molecule has 0 saturated carbocycles. The molecule has 0 unspecified atom stereocenters. The van der Waals surface area contributed by atoms with Gasteiger partial charge in [-0.3, -0.25) is 0 Å². The van der Waals surface area contributed by atoms with Crippen molar-refractivity contribution < 1.29 is 5.11 Å². The lowest BCUT2D eigenvalue weighted by atomic mass is 9.95. The average molecular weight is 207 g/mol. The number of aliphatic hydroxyl groups is 1. The van der Waals surface area contributed by atoms with E-state index in [2.05, 4.69) is 12.1 Å². The van der Waals surface area contributed by atoms with E-state index in [0.29, 0.717) is 0 Å². The summed E-state index contributed by atoms with van der Waals surface area (Å²) >= 11 is 0. The van der Waals surface area contributed by atoms with Crippen LogP contribution in [-0.2, 0) is 12.0 Å². The van der Waals surface area contributed by atoms with Crippen LogP contribution in [0.1, 0.15) is 37.8 Å². The van der Waals surface area contributed by atoms with Crippen LogP contribution in [0.5, 0.6) is 0 Å². The van der Waals surface area contributed by atoms with Crippen molar-refractivity contribution >= 4 is 0 Å². The second-order valence-electron chi connectivity index (χ2n) is 4.51. The highest BCUT2D eigenvalue weighted by Gasteiger charge is 2.15. The van der Waals surface area contributed by atoms with E-state index in [4.69, 9.17) is 5.73 Å². The second-order valence-corrected chi connectivity index (χ2v) is 4.51. The Morgan fingerprint density at radius 3 is 2.60 bits per heavy atom. The van der Waals surface area contributed by atoms with Gasteiger partial charge >= 0.3 is 0 Å². The third-order valence-electron chi connectivity index (χ3n) is 2.55. The zero-order valence-corrected chi connectivity index (χ0v) is 9.66. The molecule has 15 heavy (non-hydrogen) atoms. The Kier molecular flexibility index (Phi) is 4.30. The zero-order chi connectivity index (χ0) is 11.3. The molecule has 0 fully saturated rings. The predicted molar refractivity (Wildman–Crippen MR) is 63.7 cm³/mol. The molecule has 0 aliphatic heterocycles. The van der Waals surface area contributed by atoms with Gasteiger partial charge in [0, 0.05) is 0 Å². The Hall–Kier alpha value is -0.860. The maximum absolute atomic E-state index is 9.87. The number of unbranched alkanes of at least 4 members (excludes halogenated alkanes) is 1. The Labute approximate surface area is 92.1 Å². The van der Waals surface area contributed by atoms with E-state index in [1.54, 1.807) is 0 Å². The van der Waals surface area contributed by atoms with Crippen LogP contribution in [0.3, 0.4) is 0 Å². The molecule has 2 heteroatoms. The monoisotopic (exact) mass is 207 g/mol. The van der Waals surface area contributed by atoms with E-state index in [9.17, 15) is 5.11 Å². The summed E-state index contributed by atoms with van der Waals surface area (Å²) in [4.78, 5) is 0. The molecule has 0 heterocycles. The molecular formula is C13H21NO. The van der Waals surface area contributed by atoms with Crippen molar-refractivity contribution in [2.75, 3.05) is 6.54 Å². The molecule has 0 bridgehead atoms. The largest absolute Gasteiger partial charge is 0.386 e. The predicted octanol–water partition coefficient (Wildman–Crippen LogP) is 2.20. The first kappa shape index (κ1) is 12.2. The van der Waals surface area contributed by atoms with Crippen molar-refractivity contribution in [2.45, 2.75) is 38.7 Å². The Morgan fingerprint density at radius 2 is 2.00 bits per heavy atom. The first-order chi connectivity index (χ1) is 7.04. The fourth-order valence-electron chi connectivity index (χ4n) is 1.58. The minimum Gasteiger partial charge on any atom is -0.386 e. The molecule has 0 atom stereocenters. The number of benzene rings is 1. The van der Waals surface area contributed by atoms with Gasteiger partial charge < -0.3 is 10.8 Å². The molecule has 0 saturated heterocycles. The van der Waals surface area contributed by atoms with E-state index in [1.807, 2.05) is 26.0 Å². The van der Waals surface area contributed by atoms with Crippen LogP contribution in [-0.4, -0.2) is 11.7 Å². The number of hydrogen-bond donors (Lipinski definition) is 2. The van der Waals surface area contributed by atoms with Gasteiger partial charge in [0.25, 0.3) is 0 Å². The fourth-order valence-corrected chi connectivity index (χ4v) is 1.58. The number of nitrogens with two attached hydrogens (primary N) is 1. The van der Waals surface area contributed by atoms with E-state index < -0.39 is 5.60 Å². The van der Waals surface area contributed by atoms with Gasteiger partial charge in [-0.25, -0.2) is 0 Å². The van der Waals surface area contributed by atoms with Crippen LogP contribution in [0.4, 0.5) is 0 Å². The fraction of sp³-hybridized carbons (Fsp3) is 0.538. The first-order valence-corrected chi connectivity index (χ1v) is 5.56. The summed E-state index contributed by atoms with van der Waals surface area (Å²) in [6, 6.07) is 8.15. The van der Waals surface area contributed by atoms with E-state index in [-0.39, 0.29) is 0 Å². The first-order valence-electron chi connectivity index (χ1n) is 5.56. The lowest BCUT2D eigenvalue weighted by molar-refractivity contribution is 0.0785. The molecule has 0 amide bonds. The molecule has 0 aromatic heterocycles. The van der Waals surface area contributed by atoms with Crippen molar-refractivity contribution in [2.24, 2.45) is 5.73 Å². The van der Waals surface area contributed by atoms with E-state index >= 15 is 0 Å². The van der Waals surface area contributed by atoms with Gasteiger partial charge in [0.15, 0.2) is 0 Å². The third-order valence-corrected chi connectivity index (χ3v) is 2.55. The van der Waals surface area contributed by atoms with Crippen LogP contribution in [0.2, 0.25) is 0 Å². The number of rotatable bonds is 5. The van der Waals surface area contributed by atoms with Gasteiger partial charge in [-0.1, -0.05) is 24.3 Å². The molecule has 0 aliphatic rings. The van der Waals surface area contributed by atoms with Crippen molar-refractivity contribution in [1.29, 1.82) is 0 Å². The maximum Gasteiger partial charge on any atom is 0.0840 e. The van der Waals surface area contributed by atoms with Gasteiger partial charge in [0.1, 0.15) is 0 Å². The average Bonchev–Trinajstić information content (AvgIpc) is 2.17. The smallest absolute Gasteiger partial charge is 0.0840 e. The van der Waals surface area contributed by atoms with Crippen LogP contribution in [0, 0.1) is 0 Å². The molecule has 2 nitrogen and oxygen atoms in total. The molecule has 3 N–H and O–H groups in total. The van der Waals surface area contributed by atoms with Crippen molar-refractivity contribution in [1.82, 2.24) is 0 Å². The second kappa shape index (κ2) is 5.29.